The zero-order chi connectivity index (χ0) is 20.1. The molecular formula is C21H24N2O4S. The van der Waals surface area contributed by atoms with Crippen molar-refractivity contribution in [2.45, 2.75) is 25.5 Å². The summed E-state index contributed by atoms with van der Waals surface area (Å²) in [6.07, 6.45) is 0.957. The number of hydrogen-bond acceptors (Lipinski definition) is 4. The number of rotatable bonds is 6. The number of Topliss-reactive ketones (excluding diaryl/α,β-unsaturated/α-hetero) is 1. The summed E-state index contributed by atoms with van der Waals surface area (Å²) in [6.45, 7) is 2.15. The highest BCUT2D eigenvalue weighted by Gasteiger charge is 2.31. The van der Waals surface area contributed by atoms with Crippen LogP contribution >= 0.6 is 0 Å². The normalized spacial score (nSPS) is 15.9. The van der Waals surface area contributed by atoms with Gasteiger partial charge >= 0.3 is 0 Å². The molecule has 1 amide bonds. The second-order valence-electron chi connectivity index (χ2n) is 7.04. The lowest BCUT2D eigenvalue weighted by atomic mass is 9.97. The lowest BCUT2D eigenvalue weighted by molar-refractivity contribution is -0.120. The maximum absolute atomic E-state index is 12.6. The molecule has 0 unspecified atom stereocenters. The highest BCUT2D eigenvalue weighted by Crippen LogP contribution is 2.23. The fourth-order valence-corrected chi connectivity index (χ4v) is 4.90. The monoisotopic (exact) mass is 400 g/mol. The molecule has 3 rings (SSSR count). The third-order valence-corrected chi connectivity index (χ3v) is 6.80. The molecule has 0 spiro atoms. The van der Waals surface area contributed by atoms with E-state index in [2.05, 4.69) is 5.32 Å². The van der Waals surface area contributed by atoms with Crippen molar-refractivity contribution in [1.29, 1.82) is 0 Å². The fraction of sp³-hybridized carbons (Fsp3) is 0.333. The second kappa shape index (κ2) is 8.67. The molecule has 0 bridgehead atoms. The van der Waals surface area contributed by atoms with Crippen LogP contribution in [-0.2, 0) is 20.6 Å². The molecule has 0 atom stereocenters. The van der Waals surface area contributed by atoms with Crippen molar-refractivity contribution in [2.24, 2.45) is 5.92 Å². The maximum atomic E-state index is 12.6. The largest absolute Gasteiger partial charge is 0.326 e. The maximum Gasteiger partial charge on any atom is 0.227 e. The van der Waals surface area contributed by atoms with Gasteiger partial charge in [-0.2, -0.15) is 0 Å². The molecule has 1 aliphatic rings. The van der Waals surface area contributed by atoms with Gasteiger partial charge in [-0.3, -0.25) is 9.59 Å². The lowest BCUT2D eigenvalue weighted by Crippen LogP contribution is -2.41. The van der Waals surface area contributed by atoms with Crippen molar-refractivity contribution in [3.05, 3.63) is 65.7 Å². The SMILES string of the molecule is CC(=O)c1cccc(NC(=O)C2CCN(S(=O)(=O)Cc3ccccc3)CC2)c1. The molecule has 148 valence electrons. The number of hydrogen-bond donors (Lipinski definition) is 1. The lowest BCUT2D eigenvalue weighted by Gasteiger charge is -2.30. The molecule has 1 heterocycles. The molecule has 2 aromatic rings. The van der Waals surface area contributed by atoms with Gasteiger partial charge in [-0.15, -0.1) is 0 Å². The van der Waals surface area contributed by atoms with E-state index in [1.165, 1.54) is 11.2 Å². The van der Waals surface area contributed by atoms with Crippen LogP contribution in [0.25, 0.3) is 0 Å². The van der Waals surface area contributed by atoms with Crippen LogP contribution < -0.4 is 5.32 Å². The van der Waals surface area contributed by atoms with Gasteiger partial charge in [-0.05, 0) is 37.5 Å². The number of anilines is 1. The first-order chi connectivity index (χ1) is 13.3. The molecule has 1 N–H and O–H groups in total. The molecule has 0 aromatic heterocycles. The predicted molar refractivity (Wildman–Crippen MR) is 108 cm³/mol. The number of sulfonamides is 1. The van der Waals surface area contributed by atoms with E-state index in [1.54, 1.807) is 36.4 Å². The first-order valence-corrected chi connectivity index (χ1v) is 10.9. The van der Waals surface area contributed by atoms with E-state index < -0.39 is 10.0 Å². The fourth-order valence-electron chi connectivity index (χ4n) is 3.33. The first-order valence-electron chi connectivity index (χ1n) is 9.29. The van der Waals surface area contributed by atoms with Crippen LogP contribution in [0.2, 0.25) is 0 Å². The Hall–Kier alpha value is -2.51. The van der Waals surface area contributed by atoms with E-state index in [4.69, 9.17) is 0 Å². The Morgan fingerprint density at radius 3 is 2.36 bits per heavy atom. The molecule has 1 aliphatic heterocycles. The minimum absolute atomic E-state index is 0.0253. The third kappa shape index (κ3) is 5.05. The van der Waals surface area contributed by atoms with Gasteiger partial charge in [-0.25, -0.2) is 12.7 Å². The average molecular weight is 401 g/mol. The van der Waals surface area contributed by atoms with Crippen LogP contribution in [0.5, 0.6) is 0 Å². The quantitative estimate of drug-likeness (QED) is 0.756. The van der Waals surface area contributed by atoms with Crippen LogP contribution in [0.1, 0.15) is 35.7 Å². The van der Waals surface area contributed by atoms with Gasteiger partial charge in [0.2, 0.25) is 15.9 Å². The van der Waals surface area contributed by atoms with E-state index in [0.29, 0.717) is 37.2 Å². The molecule has 0 aliphatic carbocycles. The summed E-state index contributed by atoms with van der Waals surface area (Å²) in [5.74, 6) is -0.472. The number of carbonyl (C=O) groups is 2. The van der Waals surface area contributed by atoms with Gasteiger partial charge in [0.1, 0.15) is 0 Å². The van der Waals surface area contributed by atoms with Crippen molar-refractivity contribution in [3.63, 3.8) is 0 Å². The molecule has 28 heavy (non-hydrogen) atoms. The van der Waals surface area contributed by atoms with Crippen molar-refractivity contribution in [3.8, 4) is 0 Å². The summed E-state index contributed by atoms with van der Waals surface area (Å²) in [5.41, 5.74) is 1.88. The third-order valence-electron chi connectivity index (χ3n) is 4.95. The van der Waals surface area contributed by atoms with Gasteiger partial charge in [0.15, 0.2) is 5.78 Å². The number of benzene rings is 2. The minimum atomic E-state index is -3.40. The highest BCUT2D eigenvalue weighted by molar-refractivity contribution is 7.88. The summed E-state index contributed by atoms with van der Waals surface area (Å²) in [7, 11) is -3.40. The van der Waals surface area contributed by atoms with Gasteiger partial charge in [-0.1, -0.05) is 42.5 Å². The minimum Gasteiger partial charge on any atom is -0.326 e. The number of amides is 1. The number of nitrogens with one attached hydrogen (secondary N) is 1. The summed E-state index contributed by atoms with van der Waals surface area (Å²) in [4.78, 5) is 24.0. The Morgan fingerprint density at radius 2 is 1.71 bits per heavy atom. The van der Waals surface area contributed by atoms with E-state index in [1.807, 2.05) is 18.2 Å². The Bertz CT molecular complexity index is 949. The molecule has 2 aromatic carbocycles. The van der Waals surface area contributed by atoms with Crippen LogP contribution in [-0.4, -0.2) is 37.5 Å². The average Bonchev–Trinajstić information content (AvgIpc) is 2.68. The van der Waals surface area contributed by atoms with E-state index >= 15 is 0 Å². The number of carbonyl (C=O) groups excluding carboxylic acids is 2. The zero-order valence-electron chi connectivity index (χ0n) is 15.8. The summed E-state index contributed by atoms with van der Waals surface area (Å²) >= 11 is 0. The zero-order valence-corrected chi connectivity index (χ0v) is 16.6. The molecular weight excluding hydrogens is 376 g/mol. The molecule has 0 saturated carbocycles. The van der Waals surface area contributed by atoms with Gasteiger partial charge < -0.3 is 5.32 Å². The van der Waals surface area contributed by atoms with Crippen molar-refractivity contribution < 1.29 is 18.0 Å². The molecule has 1 fully saturated rings. The van der Waals surface area contributed by atoms with Crippen LogP contribution in [0, 0.1) is 5.92 Å². The van der Waals surface area contributed by atoms with Crippen molar-refractivity contribution in [1.82, 2.24) is 4.31 Å². The highest BCUT2D eigenvalue weighted by atomic mass is 32.2. The Morgan fingerprint density at radius 1 is 1.04 bits per heavy atom. The smallest absolute Gasteiger partial charge is 0.227 e. The molecule has 1 saturated heterocycles. The number of ketones is 1. The number of nitrogens with zero attached hydrogens (tertiary/aromatic N) is 1. The standard InChI is InChI=1S/C21H24N2O4S/c1-16(24)19-8-5-9-20(14-19)22-21(25)18-10-12-23(13-11-18)28(26,27)15-17-6-3-2-4-7-17/h2-9,14,18H,10-13,15H2,1H3,(H,22,25). The van der Waals surface area contributed by atoms with Gasteiger partial charge in [0.25, 0.3) is 0 Å². The van der Waals surface area contributed by atoms with Gasteiger partial charge in [0, 0.05) is 30.3 Å². The predicted octanol–water partition coefficient (Wildman–Crippen LogP) is 3.07. The van der Waals surface area contributed by atoms with Crippen LogP contribution in [0.15, 0.2) is 54.6 Å². The summed E-state index contributed by atoms with van der Waals surface area (Å²) in [6, 6.07) is 15.9. The van der Waals surface area contributed by atoms with E-state index in [9.17, 15) is 18.0 Å². The first kappa shape index (κ1) is 20.2. The van der Waals surface area contributed by atoms with Crippen LogP contribution in [0.4, 0.5) is 5.69 Å². The molecule has 7 heteroatoms. The van der Waals surface area contributed by atoms with Gasteiger partial charge in [0.05, 0.1) is 5.75 Å². The van der Waals surface area contributed by atoms with E-state index in [-0.39, 0.29) is 23.4 Å². The van der Waals surface area contributed by atoms with Crippen molar-refractivity contribution >= 4 is 27.4 Å². The Balaban J connectivity index is 1.56. The van der Waals surface area contributed by atoms with E-state index in [0.717, 1.165) is 5.56 Å². The second-order valence-corrected chi connectivity index (χ2v) is 9.01. The Kier molecular flexibility index (Phi) is 6.26. The number of piperidine rings is 1. The topological polar surface area (TPSA) is 83.6 Å². The molecule has 6 nitrogen and oxygen atoms in total. The van der Waals surface area contributed by atoms with Crippen molar-refractivity contribution in [2.75, 3.05) is 18.4 Å². The summed E-state index contributed by atoms with van der Waals surface area (Å²) < 4.78 is 26.7. The van der Waals surface area contributed by atoms with Crippen LogP contribution in [0.3, 0.4) is 0 Å². The Labute approximate surface area is 165 Å². The molecule has 0 radical (unpaired) electrons. The summed E-state index contributed by atoms with van der Waals surface area (Å²) in [5, 5.41) is 2.84.